The number of amides is 1. The summed E-state index contributed by atoms with van der Waals surface area (Å²) in [5, 5.41) is 0. The zero-order valence-corrected chi connectivity index (χ0v) is 15.5. The number of sulfone groups is 1. The highest BCUT2D eigenvalue weighted by Crippen LogP contribution is 2.21. The van der Waals surface area contributed by atoms with Crippen LogP contribution in [0.25, 0.3) is 0 Å². The first kappa shape index (κ1) is 18.4. The Hall–Kier alpha value is -1.44. The molecule has 2 aliphatic heterocycles. The lowest BCUT2D eigenvalue weighted by atomic mass is 9.95. The summed E-state index contributed by atoms with van der Waals surface area (Å²) in [6.45, 7) is 6.17. The van der Waals surface area contributed by atoms with Crippen molar-refractivity contribution in [1.29, 1.82) is 0 Å². The molecule has 25 heavy (non-hydrogen) atoms. The van der Waals surface area contributed by atoms with Crippen LogP contribution in [0.2, 0.25) is 0 Å². The molecule has 6 nitrogen and oxygen atoms in total. The number of nitrogens with zero attached hydrogens (tertiary/aromatic N) is 2. The average molecular weight is 366 g/mol. The van der Waals surface area contributed by atoms with Gasteiger partial charge in [-0.15, -0.1) is 0 Å². The number of piperidine rings is 1. The molecule has 0 unspecified atom stereocenters. The molecule has 0 aromatic heterocycles. The van der Waals surface area contributed by atoms with Crippen molar-refractivity contribution in [2.45, 2.75) is 17.7 Å². The molecule has 1 amide bonds. The van der Waals surface area contributed by atoms with Gasteiger partial charge >= 0.3 is 0 Å². The van der Waals surface area contributed by atoms with E-state index in [0.717, 1.165) is 65.0 Å². The Kier molecular flexibility index (Phi) is 5.76. The molecule has 0 bridgehead atoms. The standard InChI is InChI=1S/C18H26N2O4S/c1-25(22,23)17-4-2-3-16(13-17)18(21)20-7-5-15(6-8-20)14-19-9-11-24-12-10-19/h2-4,13,15H,5-12,14H2,1H3. The number of ether oxygens (including phenoxy) is 1. The first-order chi connectivity index (χ1) is 11.9. The van der Waals surface area contributed by atoms with Gasteiger partial charge in [-0.3, -0.25) is 9.69 Å². The van der Waals surface area contributed by atoms with Gasteiger partial charge in [-0.1, -0.05) is 6.07 Å². The maximum Gasteiger partial charge on any atom is 0.253 e. The van der Waals surface area contributed by atoms with Crippen LogP contribution in [0, 0.1) is 5.92 Å². The highest BCUT2D eigenvalue weighted by molar-refractivity contribution is 7.90. The van der Waals surface area contributed by atoms with Gasteiger partial charge in [0.25, 0.3) is 5.91 Å². The van der Waals surface area contributed by atoms with Gasteiger partial charge in [-0.2, -0.15) is 0 Å². The minimum absolute atomic E-state index is 0.0738. The van der Waals surface area contributed by atoms with Crippen molar-refractivity contribution in [3.8, 4) is 0 Å². The van der Waals surface area contributed by atoms with Crippen molar-refractivity contribution in [3.05, 3.63) is 29.8 Å². The molecule has 0 aliphatic carbocycles. The van der Waals surface area contributed by atoms with Crippen molar-refractivity contribution in [1.82, 2.24) is 9.80 Å². The zero-order chi connectivity index (χ0) is 17.9. The Morgan fingerprint density at radius 1 is 1.16 bits per heavy atom. The molecule has 0 N–H and O–H groups in total. The summed E-state index contributed by atoms with van der Waals surface area (Å²) in [4.78, 5) is 17.2. The lowest BCUT2D eigenvalue weighted by Gasteiger charge is -2.36. The van der Waals surface area contributed by atoms with Crippen LogP contribution in [-0.4, -0.2) is 76.3 Å². The van der Waals surface area contributed by atoms with Gasteiger partial charge in [0.1, 0.15) is 0 Å². The Morgan fingerprint density at radius 3 is 2.48 bits per heavy atom. The summed E-state index contributed by atoms with van der Waals surface area (Å²) in [7, 11) is -3.30. The van der Waals surface area contributed by atoms with Crippen molar-refractivity contribution in [3.63, 3.8) is 0 Å². The summed E-state index contributed by atoms with van der Waals surface area (Å²) in [5.41, 5.74) is 0.453. The molecular formula is C18H26N2O4S. The fourth-order valence-electron chi connectivity index (χ4n) is 3.51. The van der Waals surface area contributed by atoms with Gasteiger partial charge in [0.2, 0.25) is 0 Å². The Bertz CT molecular complexity index is 706. The maximum atomic E-state index is 12.7. The van der Waals surface area contributed by atoms with E-state index in [0.29, 0.717) is 11.5 Å². The number of hydrogen-bond acceptors (Lipinski definition) is 5. The Labute approximate surface area is 149 Å². The quantitative estimate of drug-likeness (QED) is 0.803. The summed E-state index contributed by atoms with van der Waals surface area (Å²) < 4.78 is 28.7. The smallest absolute Gasteiger partial charge is 0.253 e. The SMILES string of the molecule is CS(=O)(=O)c1cccc(C(=O)N2CCC(CN3CCOCC3)CC2)c1. The third-order valence-corrected chi connectivity index (χ3v) is 6.14. The van der Waals surface area contributed by atoms with E-state index < -0.39 is 9.84 Å². The number of carbonyl (C=O) groups excluding carboxylic acids is 1. The van der Waals surface area contributed by atoms with E-state index in [1.54, 1.807) is 12.1 Å². The van der Waals surface area contributed by atoms with E-state index in [1.807, 2.05) is 4.90 Å². The molecule has 2 fully saturated rings. The van der Waals surface area contributed by atoms with Gasteiger partial charge in [0, 0.05) is 44.5 Å². The third-order valence-electron chi connectivity index (χ3n) is 5.03. The van der Waals surface area contributed by atoms with Crippen LogP contribution in [0.3, 0.4) is 0 Å². The highest BCUT2D eigenvalue weighted by atomic mass is 32.2. The topological polar surface area (TPSA) is 66.9 Å². The monoisotopic (exact) mass is 366 g/mol. The summed E-state index contributed by atoms with van der Waals surface area (Å²) >= 11 is 0. The van der Waals surface area contributed by atoms with E-state index in [4.69, 9.17) is 4.74 Å². The fourth-order valence-corrected chi connectivity index (χ4v) is 4.18. The van der Waals surface area contributed by atoms with E-state index in [9.17, 15) is 13.2 Å². The largest absolute Gasteiger partial charge is 0.379 e. The van der Waals surface area contributed by atoms with E-state index in [2.05, 4.69) is 4.90 Å². The highest BCUT2D eigenvalue weighted by Gasteiger charge is 2.26. The van der Waals surface area contributed by atoms with Crippen LogP contribution in [0.4, 0.5) is 0 Å². The van der Waals surface area contributed by atoms with E-state index >= 15 is 0 Å². The Balaban J connectivity index is 1.56. The number of benzene rings is 1. The van der Waals surface area contributed by atoms with E-state index in [-0.39, 0.29) is 10.8 Å². The second-order valence-electron chi connectivity index (χ2n) is 6.95. The molecular weight excluding hydrogens is 340 g/mol. The number of hydrogen-bond donors (Lipinski definition) is 0. The van der Waals surface area contributed by atoms with Crippen LogP contribution < -0.4 is 0 Å². The minimum atomic E-state index is -3.30. The molecule has 0 spiro atoms. The van der Waals surface area contributed by atoms with Crippen LogP contribution in [-0.2, 0) is 14.6 Å². The van der Waals surface area contributed by atoms with Gasteiger partial charge in [0.15, 0.2) is 9.84 Å². The lowest BCUT2D eigenvalue weighted by Crippen LogP contribution is -2.44. The molecule has 0 radical (unpaired) electrons. The van der Waals surface area contributed by atoms with Crippen molar-refractivity contribution < 1.29 is 17.9 Å². The van der Waals surface area contributed by atoms with Crippen LogP contribution in [0.1, 0.15) is 23.2 Å². The molecule has 138 valence electrons. The molecule has 3 rings (SSSR count). The summed E-state index contributed by atoms with van der Waals surface area (Å²) in [6, 6.07) is 6.34. The molecule has 2 heterocycles. The summed E-state index contributed by atoms with van der Waals surface area (Å²) in [6.07, 6.45) is 3.15. The third kappa shape index (κ3) is 4.80. The fraction of sp³-hybridized carbons (Fsp3) is 0.611. The average Bonchev–Trinajstić information content (AvgIpc) is 2.62. The molecule has 0 atom stereocenters. The first-order valence-corrected chi connectivity index (χ1v) is 10.7. The first-order valence-electron chi connectivity index (χ1n) is 8.83. The number of rotatable bonds is 4. The zero-order valence-electron chi connectivity index (χ0n) is 14.7. The van der Waals surface area contributed by atoms with Crippen molar-refractivity contribution in [2.75, 3.05) is 52.2 Å². The Morgan fingerprint density at radius 2 is 1.84 bits per heavy atom. The number of likely N-dealkylation sites (tertiary alicyclic amines) is 1. The molecule has 2 saturated heterocycles. The predicted molar refractivity (Wildman–Crippen MR) is 95.4 cm³/mol. The number of carbonyl (C=O) groups is 1. The van der Waals surface area contributed by atoms with Gasteiger partial charge < -0.3 is 9.64 Å². The molecule has 7 heteroatoms. The second kappa shape index (κ2) is 7.85. The molecule has 0 saturated carbocycles. The van der Waals surface area contributed by atoms with Crippen molar-refractivity contribution in [2.24, 2.45) is 5.92 Å². The van der Waals surface area contributed by atoms with Gasteiger partial charge in [-0.05, 0) is 37.0 Å². The van der Waals surface area contributed by atoms with Crippen LogP contribution in [0.15, 0.2) is 29.2 Å². The van der Waals surface area contributed by atoms with Crippen LogP contribution in [0.5, 0.6) is 0 Å². The summed E-state index contributed by atoms with van der Waals surface area (Å²) in [5.74, 6) is 0.542. The second-order valence-corrected chi connectivity index (χ2v) is 8.96. The molecule has 1 aromatic rings. The lowest BCUT2D eigenvalue weighted by molar-refractivity contribution is 0.0243. The predicted octanol–water partition coefficient (Wildman–Crippen LogP) is 1.27. The van der Waals surface area contributed by atoms with Gasteiger partial charge in [0.05, 0.1) is 18.1 Å². The van der Waals surface area contributed by atoms with Gasteiger partial charge in [-0.25, -0.2) is 8.42 Å². The van der Waals surface area contributed by atoms with Crippen LogP contribution >= 0.6 is 0 Å². The van der Waals surface area contributed by atoms with E-state index in [1.165, 1.54) is 12.1 Å². The normalized spacial score (nSPS) is 20.6. The molecule has 1 aromatic carbocycles. The van der Waals surface area contributed by atoms with Crippen molar-refractivity contribution >= 4 is 15.7 Å². The number of morpholine rings is 1. The minimum Gasteiger partial charge on any atom is -0.379 e. The maximum absolute atomic E-state index is 12.7. The molecule has 2 aliphatic rings.